The van der Waals surface area contributed by atoms with Gasteiger partial charge in [0.15, 0.2) is 5.75 Å². The first-order chi connectivity index (χ1) is 8.47. The quantitative estimate of drug-likeness (QED) is 0.760. The molecule has 0 spiro atoms. The lowest BCUT2D eigenvalue weighted by atomic mass is 10.1. The van der Waals surface area contributed by atoms with Gasteiger partial charge in [0.1, 0.15) is 0 Å². The summed E-state index contributed by atoms with van der Waals surface area (Å²) in [5, 5.41) is 4.18. The average molecular weight is 253 g/mol. The summed E-state index contributed by atoms with van der Waals surface area (Å²) >= 11 is 0. The summed E-state index contributed by atoms with van der Waals surface area (Å²) in [6, 6.07) is 0. The van der Waals surface area contributed by atoms with Gasteiger partial charge < -0.3 is 14.4 Å². The van der Waals surface area contributed by atoms with Gasteiger partial charge in [0.2, 0.25) is 0 Å². The molecule has 1 fully saturated rings. The molecule has 1 aliphatic heterocycles. The van der Waals surface area contributed by atoms with Crippen LogP contribution in [0.15, 0.2) is 12.4 Å². The molecule has 0 radical (unpaired) electrons. The van der Waals surface area contributed by atoms with Crippen molar-refractivity contribution in [2.24, 2.45) is 0 Å². The summed E-state index contributed by atoms with van der Waals surface area (Å²) < 4.78 is 12.2. The Hall–Kier alpha value is -1.56. The van der Waals surface area contributed by atoms with E-state index in [4.69, 9.17) is 9.47 Å². The number of hydrogen-bond acceptors (Lipinski definition) is 4. The van der Waals surface area contributed by atoms with E-state index in [1.165, 1.54) is 0 Å². The van der Waals surface area contributed by atoms with Crippen LogP contribution in [0.4, 0.5) is 4.79 Å². The van der Waals surface area contributed by atoms with Crippen LogP contribution in [0, 0.1) is 0 Å². The van der Waals surface area contributed by atoms with Crippen LogP contribution < -0.4 is 4.74 Å². The predicted octanol–water partition coefficient (Wildman–Crippen LogP) is 1.47. The van der Waals surface area contributed by atoms with Crippen LogP contribution in [0.2, 0.25) is 0 Å². The maximum absolute atomic E-state index is 11.8. The molecular weight excluding hydrogens is 234 g/mol. The zero-order valence-electron chi connectivity index (χ0n) is 11.0. The van der Waals surface area contributed by atoms with Crippen molar-refractivity contribution in [3.05, 3.63) is 12.4 Å². The highest BCUT2D eigenvalue weighted by molar-refractivity contribution is 5.70. The Labute approximate surface area is 106 Å². The maximum atomic E-state index is 11.8. The largest absolute Gasteiger partial charge is 0.415 e. The number of aromatic nitrogens is 2. The highest BCUT2D eigenvalue weighted by Crippen LogP contribution is 2.18. The monoisotopic (exact) mass is 253 g/mol. The molecule has 0 unspecified atom stereocenters. The van der Waals surface area contributed by atoms with E-state index in [9.17, 15) is 4.79 Å². The van der Waals surface area contributed by atoms with Crippen LogP contribution in [0.3, 0.4) is 0 Å². The molecule has 2 rings (SSSR count). The number of ether oxygens (including phenoxy) is 2. The second-order valence-corrected chi connectivity index (χ2v) is 5.26. The van der Waals surface area contributed by atoms with E-state index in [-0.39, 0.29) is 11.6 Å². The highest BCUT2D eigenvalue weighted by atomic mass is 16.6. The van der Waals surface area contributed by atoms with Crippen molar-refractivity contribution in [1.29, 1.82) is 0 Å². The minimum Gasteiger partial charge on any atom is -0.407 e. The topological polar surface area (TPSA) is 56.6 Å². The van der Waals surface area contributed by atoms with Gasteiger partial charge in [-0.25, -0.2) is 4.79 Å². The Bertz CT molecular complexity index is 416. The van der Waals surface area contributed by atoms with Crippen molar-refractivity contribution in [3.63, 3.8) is 0 Å². The van der Waals surface area contributed by atoms with Crippen molar-refractivity contribution in [3.8, 4) is 5.75 Å². The van der Waals surface area contributed by atoms with E-state index in [1.807, 2.05) is 20.8 Å². The Balaban J connectivity index is 1.96. The van der Waals surface area contributed by atoms with E-state index < -0.39 is 0 Å². The van der Waals surface area contributed by atoms with Gasteiger partial charge in [-0.05, 0) is 20.8 Å². The lowest BCUT2D eigenvalue weighted by molar-refractivity contribution is 0.0415. The summed E-state index contributed by atoms with van der Waals surface area (Å²) in [5.74, 6) is 0.474. The SMILES string of the molecule is CC(C)(C)n1cc(OC(=O)N2CCOCC2)cn1. The van der Waals surface area contributed by atoms with Crippen LogP contribution in [0.5, 0.6) is 5.75 Å². The van der Waals surface area contributed by atoms with E-state index in [2.05, 4.69) is 5.10 Å². The molecule has 2 heterocycles. The number of hydrogen-bond donors (Lipinski definition) is 0. The molecule has 18 heavy (non-hydrogen) atoms. The third kappa shape index (κ3) is 3.01. The number of nitrogens with zero attached hydrogens (tertiary/aromatic N) is 3. The fraction of sp³-hybridized carbons (Fsp3) is 0.667. The Morgan fingerprint density at radius 3 is 2.61 bits per heavy atom. The summed E-state index contributed by atoms with van der Waals surface area (Å²) in [6.07, 6.45) is 2.95. The number of carbonyl (C=O) groups excluding carboxylic acids is 1. The fourth-order valence-electron chi connectivity index (χ4n) is 1.64. The maximum Gasteiger partial charge on any atom is 0.415 e. The van der Waals surface area contributed by atoms with E-state index >= 15 is 0 Å². The van der Waals surface area contributed by atoms with Crippen molar-refractivity contribution in [2.45, 2.75) is 26.3 Å². The summed E-state index contributed by atoms with van der Waals surface area (Å²) in [7, 11) is 0. The highest BCUT2D eigenvalue weighted by Gasteiger charge is 2.20. The third-order valence-corrected chi connectivity index (χ3v) is 2.72. The zero-order valence-corrected chi connectivity index (χ0v) is 11.0. The molecule has 100 valence electrons. The van der Waals surface area contributed by atoms with Crippen LogP contribution in [0.1, 0.15) is 20.8 Å². The molecule has 0 atom stereocenters. The second kappa shape index (κ2) is 4.97. The van der Waals surface area contributed by atoms with Gasteiger partial charge in [0.05, 0.1) is 31.1 Å². The Kier molecular flexibility index (Phi) is 3.56. The molecule has 1 amide bonds. The van der Waals surface area contributed by atoms with Gasteiger partial charge in [-0.3, -0.25) is 4.68 Å². The molecule has 1 saturated heterocycles. The van der Waals surface area contributed by atoms with Crippen LogP contribution in [0.25, 0.3) is 0 Å². The molecule has 0 N–H and O–H groups in total. The van der Waals surface area contributed by atoms with E-state index in [0.717, 1.165) is 0 Å². The molecule has 0 aromatic carbocycles. The van der Waals surface area contributed by atoms with Gasteiger partial charge in [-0.1, -0.05) is 0 Å². The van der Waals surface area contributed by atoms with Crippen LogP contribution in [-0.2, 0) is 10.3 Å². The zero-order chi connectivity index (χ0) is 13.2. The summed E-state index contributed by atoms with van der Waals surface area (Å²) in [5.41, 5.74) is -0.121. The van der Waals surface area contributed by atoms with E-state index in [1.54, 1.807) is 22.0 Å². The fourth-order valence-corrected chi connectivity index (χ4v) is 1.64. The number of rotatable bonds is 1. The van der Waals surface area contributed by atoms with Crippen molar-refractivity contribution in [2.75, 3.05) is 26.3 Å². The van der Waals surface area contributed by atoms with Gasteiger partial charge in [-0.15, -0.1) is 0 Å². The Morgan fingerprint density at radius 2 is 2.06 bits per heavy atom. The first-order valence-corrected chi connectivity index (χ1v) is 6.06. The normalized spacial score (nSPS) is 16.7. The molecule has 0 saturated carbocycles. The smallest absolute Gasteiger partial charge is 0.407 e. The minimum atomic E-state index is -0.341. The summed E-state index contributed by atoms with van der Waals surface area (Å²) in [4.78, 5) is 13.5. The van der Waals surface area contributed by atoms with Crippen molar-refractivity contribution >= 4 is 6.09 Å². The molecule has 1 aromatic rings. The van der Waals surface area contributed by atoms with E-state index in [0.29, 0.717) is 32.1 Å². The number of carbonyl (C=O) groups is 1. The van der Waals surface area contributed by atoms with Crippen LogP contribution >= 0.6 is 0 Å². The van der Waals surface area contributed by atoms with Crippen molar-refractivity contribution < 1.29 is 14.3 Å². The molecule has 0 bridgehead atoms. The van der Waals surface area contributed by atoms with Crippen LogP contribution in [-0.4, -0.2) is 47.1 Å². The second-order valence-electron chi connectivity index (χ2n) is 5.26. The van der Waals surface area contributed by atoms with Crippen molar-refractivity contribution in [1.82, 2.24) is 14.7 Å². The average Bonchev–Trinajstić information content (AvgIpc) is 2.78. The molecule has 0 aliphatic carbocycles. The Morgan fingerprint density at radius 1 is 1.39 bits per heavy atom. The number of morpholine rings is 1. The first kappa shape index (κ1) is 12.9. The third-order valence-electron chi connectivity index (χ3n) is 2.72. The molecule has 1 aliphatic rings. The lowest BCUT2D eigenvalue weighted by Gasteiger charge is -2.25. The first-order valence-electron chi connectivity index (χ1n) is 6.06. The molecule has 6 heteroatoms. The standard InChI is InChI=1S/C12H19N3O3/c1-12(2,3)15-9-10(8-13-15)18-11(16)14-4-6-17-7-5-14/h8-9H,4-7H2,1-3H3. The minimum absolute atomic E-state index is 0.121. The van der Waals surface area contributed by atoms with Gasteiger partial charge in [-0.2, -0.15) is 5.10 Å². The summed E-state index contributed by atoms with van der Waals surface area (Å²) in [6.45, 7) is 8.39. The molecule has 6 nitrogen and oxygen atoms in total. The molecule has 1 aromatic heterocycles. The number of amides is 1. The van der Waals surface area contributed by atoms with Gasteiger partial charge in [0.25, 0.3) is 0 Å². The van der Waals surface area contributed by atoms with Gasteiger partial charge in [0, 0.05) is 13.1 Å². The molecular formula is C12H19N3O3. The van der Waals surface area contributed by atoms with Gasteiger partial charge >= 0.3 is 6.09 Å². The predicted molar refractivity (Wildman–Crippen MR) is 65.6 cm³/mol. The lowest BCUT2D eigenvalue weighted by Crippen LogP contribution is -2.42.